The summed E-state index contributed by atoms with van der Waals surface area (Å²) in [6, 6.07) is 4.97. The standard InChI is InChI=1S/C27H43AsN4O10S/c1-38-22-7-6-19(28(36)37)16-20(22)30-25(34)17-42-15-14-41-13-12-40-11-10-39-9-8-29-24(33)5-3-2-4-23-26-21(18-43-23)31-27(35)32-26/h6-7,16,21,23,26,36-37H,2-5,8-15,17-18H2,1H3,(H,29,33)(H,30,34)(H2,31,32,35)/t21-,23-,26-/m1/s1. The van der Waals surface area contributed by atoms with Gasteiger partial charge < -0.3 is 25.4 Å². The molecule has 16 heteroatoms. The monoisotopic (exact) mass is 690 g/mol. The minimum Gasteiger partial charge on any atom is -0.377 e. The van der Waals surface area contributed by atoms with Gasteiger partial charge in [0.25, 0.3) is 0 Å². The first-order valence-electron chi connectivity index (χ1n) is 14.3. The van der Waals surface area contributed by atoms with Crippen LogP contribution in [0.4, 0.5) is 10.5 Å². The van der Waals surface area contributed by atoms with Crippen molar-refractivity contribution in [1.29, 1.82) is 0 Å². The second-order valence-electron chi connectivity index (χ2n) is 9.83. The minimum atomic E-state index is -3.06. The molecule has 3 atom stereocenters. The van der Waals surface area contributed by atoms with Crippen LogP contribution in [-0.4, -0.2) is 131 Å². The number of fused-ring (bicyclic) bond motifs is 1. The van der Waals surface area contributed by atoms with Crippen LogP contribution in [-0.2, 0) is 28.5 Å². The Morgan fingerprint density at radius 1 is 0.977 bits per heavy atom. The van der Waals surface area contributed by atoms with Crippen LogP contribution in [0.1, 0.15) is 25.7 Å². The molecule has 0 spiro atoms. The van der Waals surface area contributed by atoms with E-state index in [0.717, 1.165) is 25.0 Å². The van der Waals surface area contributed by atoms with E-state index in [0.29, 0.717) is 73.6 Å². The molecule has 3 rings (SSSR count). The number of hydrogen-bond donors (Lipinski definition) is 6. The number of carbonyl (C=O) groups is 3. The number of anilines is 1. The van der Waals surface area contributed by atoms with Gasteiger partial charge in [0.05, 0.1) is 31.9 Å². The third-order valence-electron chi connectivity index (χ3n) is 6.69. The number of nitrogens with one attached hydrogen (secondary N) is 4. The summed E-state index contributed by atoms with van der Waals surface area (Å²) in [7, 11) is 1.46. The van der Waals surface area contributed by atoms with Crippen molar-refractivity contribution in [2.75, 3.05) is 77.6 Å². The summed E-state index contributed by atoms with van der Waals surface area (Å²) in [5, 5.41) is 11.9. The van der Waals surface area contributed by atoms with Gasteiger partial charge in [-0.15, -0.1) is 0 Å². The van der Waals surface area contributed by atoms with Crippen molar-refractivity contribution < 1.29 is 46.3 Å². The SMILES string of the molecule is COc1ccc([As](O)O)cc1NC(=O)COCCOCCOCCOCCNC(=O)CCCC[C@H]1SC[C@H]2NC(=O)N[C@H]21. The molecule has 1 aromatic carbocycles. The van der Waals surface area contributed by atoms with Crippen molar-refractivity contribution in [3.63, 3.8) is 0 Å². The number of methoxy groups -OCH3 is 1. The van der Waals surface area contributed by atoms with Gasteiger partial charge in [0.1, 0.15) is 0 Å². The number of unbranched alkanes of at least 4 members (excludes halogenated alkanes) is 1. The number of ether oxygens (including phenoxy) is 5. The van der Waals surface area contributed by atoms with Crippen molar-refractivity contribution >= 4 is 55.0 Å². The molecule has 1 aromatic rings. The molecule has 2 heterocycles. The molecule has 6 N–H and O–H groups in total. The van der Waals surface area contributed by atoms with Crippen molar-refractivity contribution in [3.8, 4) is 5.75 Å². The van der Waals surface area contributed by atoms with Crippen LogP contribution < -0.4 is 30.4 Å². The van der Waals surface area contributed by atoms with Crippen LogP contribution in [0, 0.1) is 0 Å². The van der Waals surface area contributed by atoms with Gasteiger partial charge in [0.15, 0.2) is 0 Å². The number of amides is 4. The van der Waals surface area contributed by atoms with E-state index in [1.54, 1.807) is 12.1 Å². The van der Waals surface area contributed by atoms with Crippen LogP contribution in [0.3, 0.4) is 0 Å². The Kier molecular flexibility index (Phi) is 16.5. The summed E-state index contributed by atoms with van der Waals surface area (Å²) in [5.41, 5.74) is 0.345. The zero-order chi connectivity index (χ0) is 30.9. The summed E-state index contributed by atoms with van der Waals surface area (Å²) in [6.45, 7) is 2.77. The predicted molar refractivity (Wildman–Crippen MR) is 162 cm³/mol. The third kappa shape index (κ3) is 13.2. The normalized spacial score (nSPS) is 19.2. The molecule has 242 valence electrons. The fourth-order valence-corrected chi connectivity index (χ4v) is 7.05. The van der Waals surface area contributed by atoms with E-state index >= 15 is 0 Å². The van der Waals surface area contributed by atoms with Gasteiger partial charge in [0.2, 0.25) is 5.91 Å². The zero-order valence-electron chi connectivity index (χ0n) is 24.4. The van der Waals surface area contributed by atoms with Gasteiger partial charge in [-0.05, 0) is 12.8 Å². The molecule has 0 saturated carbocycles. The van der Waals surface area contributed by atoms with Crippen molar-refractivity contribution in [3.05, 3.63) is 18.2 Å². The quantitative estimate of drug-likeness (QED) is 0.0510. The van der Waals surface area contributed by atoms with Crippen LogP contribution in [0.5, 0.6) is 5.75 Å². The molecular formula is C27H43AsN4O10S. The number of benzene rings is 1. The molecule has 43 heavy (non-hydrogen) atoms. The Hall–Kier alpha value is -2.10. The Morgan fingerprint density at radius 2 is 1.67 bits per heavy atom. The van der Waals surface area contributed by atoms with E-state index in [-0.39, 0.29) is 37.2 Å². The van der Waals surface area contributed by atoms with Gasteiger partial charge >= 0.3 is 134 Å². The van der Waals surface area contributed by atoms with Crippen molar-refractivity contribution in [2.45, 2.75) is 43.0 Å². The summed E-state index contributed by atoms with van der Waals surface area (Å²) in [5.74, 6) is 0.969. The van der Waals surface area contributed by atoms with E-state index in [4.69, 9.17) is 23.7 Å². The number of carbonyl (C=O) groups excluding carboxylic acids is 3. The fourth-order valence-electron chi connectivity index (χ4n) is 4.55. The smallest absolute Gasteiger partial charge is 0.377 e. The Balaban J connectivity index is 1.06. The average Bonchev–Trinajstić information content (AvgIpc) is 3.54. The molecule has 0 aromatic heterocycles. The molecule has 2 aliphatic rings. The van der Waals surface area contributed by atoms with Gasteiger partial charge in [-0.25, -0.2) is 4.79 Å². The molecule has 0 aliphatic carbocycles. The van der Waals surface area contributed by atoms with Gasteiger partial charge in [0, 0.05) is 24.0 Å². The van der Waals surface area contributed by atoms with Crippen LogP contribution in [0.15, 0.2) is 18.2 Å². The molecule has 2 saturated heterocycles. The molecule has 14 nitrogen and oxygen atoms in total. The van der Waals surface area contributed by atoms with Crippen LogP contribution in [0.2, 0.25) is 0 Å². The van der Waals surface area contributed by atoms with E-state index in [1.807, 2.05) is 11.8 Å². The van der Waals surface area contributed by atoms with E-state index in [9.17, 15) is 22.6 Å². The summed E-state index contributed by atoms with van der Waals surface area (Å²) < 4.78 is 46.1. The molecule has 2 fully saturated rings. The Labute approximate surface area is 261 Å². The zero-order valence-corrected chi connectivity index (χ0v) is 27.1. The predicted octanol–water partition coefficient (Wildman–Crippen LogP) is -0.778. The minimum absolute atomic E-state index is 0.0182. The third-order valence-corrected chi connectivity index (χ3v) is 9.75. The van der Waals surface area contributed by atoms with E-state index in [1.165, 1.54) is 13.2 Å². The number of hydrogen-bond acceptors (Lipinski definition) is 11. The number of rotatable bonds is 22. The molecule has 4 amide bonds. The number of urea groups is 1. The fraction of sp³-hybridized carbons (Fsp3) is 0.667. The molecule has 2 aliphatic heterocycles. The average molecular weight is 691 g/mol. The Morgan fingerprint density at radius 3 is 2.37 bits per heavy atom. The van der Waals surface area contributed by atoms with Gasteiger partial charge in [-0.1, -0.05) is 6.42 Å². The van der Waals surface area contributed by atoms with Crippen molar-refractivity contribution in [1.82, 2.24) is 16.0 Å². The van der Waals surface area contributed by atoms with Crippen LogP contribution in [0.25, 0.3) is 0 Å². The van der Waals surface area contributed by atoms with Gasteiger partial charge in [-0.2, -0.15) is 11.8 Å². The first-order chi connectivity index (χ1) is 20.9. The second-order valence-corrected chi connectivity index (χ2v) is 13.4. The topological polar surface area (TPSA) is 186 Å². The van der Waals surface area contributed by atoms with Crippen molar-refractivity contribution in [2.24, 2.45) is 0 Å². The molecule has 0 unspecified atom stereocenters. The summed E-state index contributed by atoms with van der Waals surface area (Å²) in [4.78, 5) is 35.6. The maximum atomic E-state index is 12.1. The molecular weight excluding hydrogens is 647 g/mol. The summed E-state index contributed by atoms with van der Waals surface area (Å²) >= 11 is -1.17. The Bertz CT molecular complexity index is 1020. The first-order valence-corrected chi connectivity index (χ1v) is 18.0. The number of thioether (sulfide) groups is 1. The van der Waals surface area contributed by atoms with Gasteiger partial charge in [-0.3, -0.25) is 4.79 Å². The van der Waals surface area contributed by atoms with E-state index < -0.39 is 21.2 Å². The second kappa shape index (κ2) is 20.0. The maximum absolute atomic E-state index is 12.1. The van der Waals surface area contributed by atoms with E-state index in [2.05, 4.69) is 21.3 Å². The van der Waals surface area contributed by atoms with Crippen LogP contribution >= 0.6 is 11.8 Å². The first kappa shape index (κ1) is 35.4. The molecule has 0 bridgehead atoms. The molecule has 0 radical (unpaired) electrons. The summed E-state index contributed by atoms with van der Waals surface area (Å²) in [6.07, 6.45) is 3.26.